The fourth-order valence-electron chi connectivity index (χ4n) is 1.85. The minimum atomic E-state index is 0.390. The summed E-state index contributed by atoms with van der Waals surface area (Å²) in [6.45, 7) is 8.32. The molecule has 2 rings (SSSR count). The van der Waals surface area contributed by atoms with Crippen molar-refractivity contribution in [3.8, 4) is 0 Å². The van der Waals surface area contributed by atoms with Crippen LogP contribution in [-0.4, -0.2) is 16.0 Å². The van der Waals surface area contributed by atoms with Gasteiger partial charge in [0.1, 0.15) is 5.82 Å². The highest BCUT2D eigenvalue weighted by atomic mass is 79.9. The lowest BCUT2D eigenvalue weighted by atomic mass is 10.2. The number of halogens is 1. The summed E-state index contributed by atoms with van der Waals surface area (Å²) < 4.78 is 1.07. The zero-order valence-corrected chi connectivity index (χ0v) is 14.5. The molecule has 0 saturated carbocycles. The minimum absolute atomic E-state index is 0.390. The molecular formula is C16H21BrN4. The van der Waals surface area contributed by atoms with Crippen LogP contribution in [0.1, 0.15) is 31.5 Å². The van der Waals surface area contributed by atoms with E-state index in [-0.39, 0.29) is 0 Å². The highest BCUT2D eigenvalue weighted by molar-refractivity contribution is 9.10. The Morgan fingerprint density at radius 3 is 2.62 bits per heavy atom. The SMILES string of the molecule is CCC(C)Nc1cc(C)nc(Nc2ccc(C)c(Br)c2)n1. The van der Waals surface area contributed by atoms with Gasteiger partial charge >= 0.3 is 0 Å². The quantitative estimate of drug-likeness (QED) is 0.813. The van der Waals surface area contributed by atoms with E-state index in [0.29, 0.717) is 12.0 Å². The van der Waals surface area contributed by atoms with Crippen molar-refractivity contribution in [2.45, 2.75) is 40.2 Å². The zero-order chi connectivity index (χ0) is 15.4. The number of nitrogens with one attached hydrogen (secondary N) is 2. The molecule has 0 aliphatic carbocycles. The molecule has 1 unspecified atom stereocenters. The third-order valence-electron chi connectivity index (χ3n) is 3.29. The first-order chi connectivity index (χ1) is 9.97. The Morgan fingerprint density at radius 2 is 1.95 bits per heavy atom. The van der Waals surface area contributed by atoms with Crippen molar-refractivity contribution in [1.29, 1.82) is 0 Å². The van der Waals surface area contributed by atoms with Crippen molar-refractivity contribution in [3.05, 3.63) is 40.0 Å². The second-order valence-electron chi connectivity index (χ2n) is 5.26. The Morgan fingerprint density at radius 1 is 1.19 bits per heavy atom. The van der Waals surface area contributed by atoms with Crippen molar-refractivity contribution in [2.75, 3.05) is 10.6 Å². The molecule has 1 aromatic heterocycles. The van der Waals surface area contributed by atoms with Crippen molar-refractivity contribution >= 4 is 33.4 Å². The van der Waals surface area contributed by atoms with E-state index < -0.39 is 0 Å². The Labute approximate surface area is 134 Å². The van der Waals surface area contributed by atoms with E-state index in [4.69, 9.17) is 0 Å². The predicted molar refractivity (Wildman–Crippen MR) is 92.3 cm³/mol. The molecule has 1 aromatic carbocycles. The fraction of sp³-hybridized carbons (Fsp3) is 0.375. The van der Waals surface area contributed by atoms with Gasteiger partial charge in [0.25, 0.3) is 0 Å². The maximum atomic E-state index is 4.52. The Hall–Kier alpha value is -1.62. The topological polar surface area (TPSA) is 49.8 Å². The van der Waals surface area contributed by atoms with E-state index in [9.17, 15) is 0 Å². The second kappa shape index (κ2) is 6.89. The molecule has 112 valence electrons. The van der Waals surface area contributed by atoms with Crippen LogP contribution < -0.4 is 10.6 Å². The number of hydrogen-bond donors (Lipinski definition) is 2. The van der Waals surface area contributed by atoms with Crippen molar-refractivity contribution < 1.29 is 0 Å². The van der Waals surface area contributed by atoms with Gasteiger partial charge in [0.05, 0.1) is 0 Å². The molecule has 0 aliphatic rings. The van der Waals surface area contributed by atoms with Gasteiger partial charge in [0.2, 0.25) is 5.95 Å². The molecule has 4 nitrogen and oxygen atoms in total. The molecule has 0 aliphatic heterocycles. The van der Waals surface area contributed by atoms with Crippen molar-refractivity contribution in [3.63, 3.8) is 0 Å². The zero-order valence-electron chi connectivity index (χ0n) is 12.9. The summed E-state index contributed by atoms with van der Waals surface area (Å²) in [5, 5.41) is 6.63. The molecule has 1 atom stereocenters. The Bertz CT molecular complexity index is 628. The smallest absolute Gasteiger partial charge is 0.229 e. The number of anilines is 3. The van der Waals surface area contributed by atoms with Gasteiger partial charge in [-0.1, -0.05) is 28.9 Å². The highest BCUT2D eigenvalue weighted by Gasteiger charge is 2.06. The number of hydrogen-bond acceptors (Lipinski definition) is 4. The van der Waals surface area contributed by atoms with Crippen molar-refractivity contribution in [1.82, 2.24) is 9.97 Å². The van der Waals surface area contributed by atoms with Crippen LogP contribution in [-0.2, 0) is 0 Å². The Kier molecular flexibility index (Phi) is 5.17. The number of aryl methyl sites for hydroxylation is 2. The lowest BCUT2D eigenvalue weighted by Crippen LogP contribution is -2.15. The fourth-order valence-corrected chi connectivity index (χ4v) is 2.23. The molecule has 0 radical (unpaired) electrons. The first-order valence-corrected chi connectivity index (χ1v) is 7.92. The minimum Gasteiger partial charge on any atom is -0.367 e. The molecule has 0 bridgehead atoms. The third kappa shape index (κ3) is 4.43. The van der Waals surface area contributed by atoms with Crippen LogP contribution in [0.3, 0.4) is 0 Å². The first kappa shape index (κ1) is 15.8. The van der Waals surface area contributed by atoms with Gasteiger partial charge < -0.3 is 10.6 Å². The van der Waals surface area contributed by atoms with Crippen LogP contribution >= 0.6 is 15.9 Å². The summed E-state index contributed by atoms with van der Waals surface area (Å²) >= 11 is 3.54. The van der Waals surface area contributed by atoms with Crippen LogP contribution in [0, 0.1) is 13.8 Å². The molecule has 2 N–H and O–H groups in total. The van der Waals surface area contributed by atoms with Crippen LogP contribution in [0.15, 0.2) is 28.7 Å². The summed E-state index contributed by atoms with van der Waals surface area (Å²) in [5.41, 5.74) is 3.10. The molecule has 5 heteroatoms. The van der Waals surface area contributed by atoms with Gasteiger partial charge in [0, 0.05) is 28.0 Å². The molecule has 21 heavy (non-hydrogen) atoms. The summed E-state index contributed by atoms with van der Waals surface area (Å²) in [6, 6.07) is 8.46. The molecule has 0 saturated heterocycles. The van der Waals surface area contributed by atoms with E-state index in [1.165, 1.54) is 5.56 Å². The maximum Gasteiger partial charge on any atom is 0.229 e. The number of rotatable bonds is 5. The van der Waals surface area contributed by atoms with E-state index in [0.717, 1.165) is 28.1 Å². The lowest BCUT2D eigenvalue weighted by Gasteiger charge is -2.14. The van der Waals surface area contributed by atoms with E-state index in [2.05, 4.69) is 63.4 Å². The average molecular weight is 349 g/mol. The molecular weight excluding hydrogens is 328 g/mol. The first-order valence-electron chi connectivity index (χ1n) is 7.13. The predicted octanol–water partition coefficient (Wildman–Crippen LogP) is 4.81. The molecule has 0 spiro atoms. The van der Waals surface area contributed by atoms with Crippen LogP contribution in [0.4, 0.5) is 17.5 Å². The van der Waals surface area contributed by atoms with Crippen LogP contribution in [0.2, 0.25) is 0 Å². The number of aromatic nitrogens is 2. The molecule has 2 aromatic rings. The van der Waals surface area contributed by atoms with E-state index >= 15 is 0 Å². The molecule has 1 heterocycles. The normalized spacial score (nSPS) is 12.0. The summed E-state index contributed by atoms with van der Waals surface area (Å²) in [7, 11) is 0. The lowest BCUT2D eigenvalue weighted by molar-refractivity contribution is 0.758. The van der Waals surface area contributed by atoms with Gasteiger partial charge in [-0.05, 0) is 44.9 Å². The Balaban J connectivity index is 2.21. The monoisotopic (exact) mass is 348 g/mol. The summed E-state index contributed by atoms with van der Waals surface area (Å²) in [6.07, 6.45) is 1.05. The summed E-state index contributed by atoms with van der Waals surface area (Å²) in [5.74, 6) is 1.46. The maximum absolute atomic E-state index is 4.52. The van der Waals surface area contributed by atoms with Gasteiger partial charge in [-0.25, -0.2) is 4.98 Å². The highest BCUT2D eigenvalue weighted by Crippen LogP contribution is 2.23. The number of nitrogens with zero attached hydrogens (tertiary/aromatic N) is 2. The van der Waals surface area contributed by atoms with Crippen LogP contribution in [0.25, 0.3) is 0 Å². The average Bonchev–Trinajstić information content (AvgIpc) is 2.42. The number of benzene rings is 1. The summed E-state index contributed by atoms with van der Waals surface area (Å²) in [4.78, 5) is 8.96. The standard InChI is InChI=1S/C16H21BrN4/c1-5-11(3)18-15-8-12(4)19-16(21-15)20-13-7-6-10(2)14(17)9-13/h6-9,11H,5H2,1-4H3,(H2,18,19,20,21). The van der Waals surface area contributed by atoms with Gasteiger partial charge in [-0.2, -0.15) is 4.98 Å². The molecule has 0 fully saturated rings. The van der Waals surface area contributed by atoms with Gasteiger partial charge in [-0.3, -0.25) is 0 Å². The van der Waals surface area contributed by atoms with Gasteiger partial charge in [-0.15, -0.1) is 0 Å². The largest absolute Gasteiger partial charge is 0.367 e. The molecule has 0 amide bonds. The van der Waals surface area contributed by atoms with E-state index in [1.54, 1.807) is 0 Å². The third-order valence-corrected chi connectivity index (χ3v) is 4.14. The van der Waals surface area contributed by atoms with Gasteiger partial charge in [0.15, 0.2) is 0 Å². The second-order valence-corrected chi connectivity index (χ2v) is 6.12. The van der Waals surface area contributed by atoms with Crippen LogP contribution in [0.5, 0.6) is 0 Å². The van der Waals surface area contributed by atoms with E-state index in [1.807, 2.05) is 25.1 Å². The van der Waals surface area contributed by atoms with Crippen molar-refractivity contribution in [2.24, 2.45) is 0 Å².